The lowest BCUT2D eigenvalue weighted by Gasteiger charge is -2.36. The maximum absolute atomic E-state index is 15.2. The second kappa shape index (κ2) is 9.56. The lowest BCUT2D eigenvalue weighted by molar-refractivity contribution is 0.0530. The Labute approximate surface area is 177 Å². The van der Waals surface area contributed by atoms with E-state index >= 15 is 4.39 Å². The monoisotopic (exact) mass is 430 g/mol. The molecule has 1 aromatic carbocycles. The molecule has 30 heavy (non-hydrogen) atoms. The van der Waals surface area contributed by atoms with Gasteiger partial charge < -0.3 is 0 Å². The molecule has 170 valence electrons. The van der Waals surface area contributed by atoms with Crippen molar-refractivity contribution >= 4 is 0 Å². The zero-order chi connectivity index (χ0) is 21.9. The van der Waals surface area contributed by atoms with Crippen LogP contribution in [-0.2, 0) is 6.42 Å². The van der Waals surface area contributed by atoms with Crippen molar-refractivity contribution in [2.75, 3.05) is 0 Å². The summed E-state index contributed by atoms with van der Waals surface area (Å²) < 4.78 is 68.9. The first kappa shape index (κ1) is 23.5. The third-order valence-corrected chi connectivity index (χ3v) is 7.61. The molecule has 0 atom stereocenters. The molecule has 0 unspecified atom stereocenters. The van der Waals surface area contributed by atoms with E-state index in [0.29, 0.717) is 55.9 Å². The minimum atomic E-state index is -2.80. The summed E-state index contributed by atoms with van der Waals surface area (Å²) in [5, 5.41) is 0. The Morgan fingerprint density at radius 1 is 0.933 bits per heavy atom. The summed E-state index contributed by atoms with van der Waals surface area (Å²) in [7, 11) is 0. The van der Waals surface area contributed by atoms with Gasteiger partial charge in [0.1, 0.15) is 17.2 Å². The van der Waals surface area contributed by atoms with Gasteiger partial charge >= 0.3 is 0 Å². The van der Waals surface area contributed by atoms with Crippen molar-refractivity contribution in [2.24, 2.45) is 11.8 Å². The molecule has 0 amide bonds. The zero-order valence-corrected chi connectivity index (χ0v) is 18.3. The molecule has 0 spiro atoms. The molecule has 3 rings (SSSR count). The van der Waals surface area contributed by atoms with E-state index in [-0.39, 0.29) is 0 Å². The number of aryl methyl sites for hydroxylation is 2. The van der Waals surface area contributed by atoms with Crippen LogP contribution in [0.1, 0.15) is 101 Å². The molecule has 0 aromatic heterocycles. The molecule has 0 aliphatic heterocycles. The van der Waals surface area contributed by atoms with Crippen molar-refractivity contribution in [3.05, 3.63) is 34.6 Å². The normalized spacial score (nSPS) is 32.5. The average molecular weight is 431 g/mol. The van der Waals surface area contributed by atoms with Crippen molar-refractivity contribution < 1.29 is 22.0 Å². The molecule has 0 N–H and O–H groups in total. The van der Waals surface area contributed by atoms with Crippen molar-refractivity contribution in [1.29, 1.82) is 0 Å². The van der Waals surface area contributed by atoms with Gasteiger partial charge in [-0.1, -0.05) is 6.07 Å². The number of halogens is 5. The molecular weight excluding hydrogens is 395 g/mol. The Hall–Kier alpha value is -1.13. The van der Waals surface area contributed by atoms with Gasteiger partial charge in [0.2, 0.25) is 0 Å². The van der Waals surface area contributed by atoms with Gasteiger partial charge in [0, 0.05) is 0 Å². The maximum Gasteiger partial charge on any atom is 0.266 e. The Balaban J connectivity index is 1.42. The van der Waals surface area contributed by atoms with Gasteiger partial charge in [0.05, 0.1) is 5.56 Å². The van der Waals surface area contributed by atoms with Crippen LogP contribution < -0.4 is 0 Å². The Morgan fingerprint density at radius 2 is 1.50 bits per heavy atom. The Morgan fingerprint density at radius 3 is 2.07 bits per heavy atom. The van der Waals surface area contributed by atoms with E-state index in [9.17, 15) is 17.6 Å². The third kappa shape index (κ3) is 6.20. The lowest BCUT2D eigenvalue weighted by atomic mass is 9.73. The van der Waals surface area contributed by atoms with E-state index < -0.39 is 29.1 Å². The lowest BCUT2D eigenvalue weighted by Crippen LogP contribution is -2.31. The average Bonchev–Trinajstić information content (AvgIpc) is 2.66. The second-order valence-electron chi connectivity index (χ2n) is 10.1. The van der Waals surface area contributed by atoms with Gasteiger partial charge in [0.25, 0.3) is 6.43 Å². The second-order valence-corrected chi connectivity index (χ2v) is 10.1. The molecule has 0 bridgehead atoms. The van der Waals surface area contributed by atoms with Gasteiger partial charge in [0.15, 0.2) is 0 Å². The molecule has 1 aromatic rings. The fourth-order valence-electron chi connectivity index (χ4n) is 5.38. The first-order valence-corrected chi connectivity index (χ1v) is 11.5. The Bertz CT molecular complexity index is 670. The predicted molar refractivity (Wildman–Crippen MR) is 111 cm³/mol. The van der Waals surface area contributed by atoms with E-state index in [1.54, 1.807) is 13.0 Å². The van der Waals surface area contributed by atoms with Crippen LogP contribution in [0.3, 0.4) is 0 Å². The number of rotatable bonds is 7. The molecule has 5 heteroatoms. The highest BCUT2D eigenvalue weighted by Gasteiger charge is 2.37. The standard InChI is InChI=1S/C25H35F5/c1-17-15-20(16-21(26)22(17)23(27)28)4-3-18-7-12-25(30,13-8-18)14-9-19-5-10-24(2,29)11-6-19/h15-16,18-19,23H,3-14H2,1-2H3. The summed E-state index contributed by atoms with van der Waals surface area (Å²) >= 11 is 0. The van der Waals surface area contributed by atoms with Crippen LogP contribution in [0.4, 0.5) is 22.0 Å². The van der Waals surface area contributed by atoms with E-state index in [0.717, 1.165) is 44.1 Å². The minimum Gasteiger partial charge on any atom is -0.244 e. The highest BCUT2D eigenvalue weighted by molar-refractivity contribution is 5.33. The van der Waals surface area contributed by atoms with Gasteiger partial charge in [-0.2, -0.15) is 0 Å². The van der Waals surface area contributed by atoms with Crippen molar-refractivity contribution in [3.8, 4) is 0 Å². The molecule has 0 heterocycles. The number of alkyl halides is 4. The largest absolute Gasteiger partial charge is 0.266 e. The fraction of sp³-hybridized carbons (Fsp3) is 0.760. The summed E-state index contributed by atoms with van der Waals surface area (Å²) in [5.41, 5.74) is -1.61. The van der Waals surface area contributed by atoms with Crippen LogP contribution in [0.5, 0.6) is 0 Å². The molecular formula is C25H35F5. The summed E-state index contributed by atoms with van der Waals surface area (Å²) in [4.78, 5) is 0. The molecule has 2 aliphatic rings. The summed E-state index contributed by atoms with van der Waals surface area (Å²) in [6.07, 6.45) is 5.78. The minimum absolute atomic E-state index is 0.294. The van der Waals surface area contributed by atoms with Crippen molar-refractivity contribution in [2.45, 2.75) is 109 Å². The first-order valence-electron chi connectivity index (χ1n) is 11.5. The maximum atomic E-state index is 15.2. The summed E-state index contributed by atoms with van der Waals surface area (Å²) in [5.74, 6) is 0.0182. The molecule has 2 fully saturated rings. The van der Waals surface area contributed by atoms with Crippen LogP contribution in [0.2, 0.25) is 0 Å². The van der Waals surface area contributed by atoms with E-state index in [4.69, 9.17) is 0 Å². The quantitative estimate of drug-likeness (QED) is 0.380. The number of hydrogen-bond donors (Lipinski definition) is 0. The molecule has 2 aliphatic carbocycles. The predicted octanol–water partition coefficient (Wildman–Crippen LogP) is 8.60. The van der Waals surface area contributed by atoms with Crippen LogP contribution in [0.15, 0.2) is 12.1 Å². The third-order valence-electron chi connectivity index (χ3n) is 7.61. The Kier molecular flexibility index (Phi) is 7.50. The molecule has 0 saturated heterocycles. The zero-order valence-electron chi connectivity index (χ0n) is 18.3. The molecule has 0 nitrogen and oxygen atoms in total. The number of benzene rings is 1. The van der Waals surface area contributed by atoms with Gasteiger partial charge in [-0.3, -0.25) is 0 Å². The van der Waals surface area contributed by atoms with Crippen LogP contribution in [0, 0.1) is 24.6 Å². The van der Waals surface area contributed by atoms with Crippen LogP contribution in [-0.4, -0.2) is 11.3 Å². The highest BCUT2D eigenvalue weighted by atomic mass is 19.3. The van der Waals surface area contributed by atoms with E-state index in [2.05, 4.69) is 0 Å². The van der Waals surface area contributed by atoms with Crippen molar-refractivity contribution in [3.63, 3.8) is 0 Å². The SMILES string of the molecule is Cc1cc(CCC2CCC(F)(CCC3CCC(C)(F)CC3)CC2)cc(F)c1C(F)F. The molecule has 2 saturated carbocycles. The van der Waals surface area contributed by atoms with E-state index in [1.165, 1.54) is 13.0 Å². The fourth-order valence-corrected chi connectivity index (χ4v) is 5.38. The van der Waals surface area contributed by atoms with Crippen LogP contribution in [0.25, 0.3) is 0 Å². The van der Waals surface area contributed by atoms with Gasteiger partial charge in [-0.05, 0) is 120 Å². The van der Waals surface area contributed by atoms with Gasteiger partial charge in [-0.15, -0.1) is 0 Å². The van der Waals surface area contributed by atoms with E-state index in [1.807, 2.05) is 0 Å². The molecule has 0 radical (unpaired) electrons. The number of hydrogen-bond acceptors (Lipinski definition) is 0. The summed E-state index contributed by atoms with van der Waals surface area (Å²) in [6, 6.07) is 2.88. The topological polar surface area (TPSA) is 0 Å². The highest BCUT2D eigenvalue weighted by Crippen LogP contribution is 2.43. The smallest absolute Gasteiger partial charge is 0.244 e. The first-order chi connectivity index (χ1) is 14.1. The van der Waals surface area contributed by atoms with Gasteiger partial charge in [-0.25, -0.2) is 22.0 Å². The summed E-state index contributed by atoms with van der Waals surface area (Å²) in [6.45, 7) is 3.19. The van der Waals surface area contributed by atoms with Crippen LogP contribution >= 0.6 is 0 Å². The van der Waals surface area contributed by atoms with Crippen molar-refractivity contribution in [1.82, 2.24) is 0 Å².